The zero-order valence-corrected chi connectivity index (χ0v) is 9.49. The predicted molar refractivity (Wildman–Crippen MR) is 58.9 cm³/mol. The molecule has 0 amide bonds. The molecule has 1 aliphatic heterocycles. The van der Waals surface area contributed by atoms with E-state index in [4.69, 9.17) is 4.74 Å². The van der Waals surface area contributed by atoms with E-state index in [2.05, 4.69) is 22.6 Å². The Kier molecular flexibility index (Phi) is 2.74. The second-order valence-electron chi connectivity index (χ2n) is 4.05. The van der Waals surface area contributed by atoms with Crippen LogP contribution in [0.4, 0.5) is 5.13 Å². The largest absolute Gasteiger partial charge is 0.373 e. The summed E-state index contributed by atoms with van der Waals surface area (Å²) in [6.45, 7) is 5.93. The van der Waals surface area contributed by atoms with Gasteiger partial charge in [0.1, 0.15) is 0 Å². The molecule has 1 N–H and O–H groups in total. The van der Waals surface area contributed by atoms with Gasteiger partial charge in [-0.25, -0.2) is 4.98 Å². The van der Waals surface area contributed by atoms with E-state index in [0.717, 1.165) is 30.4 Å². The molecular weight excluding hydrogens is 196 g/mol. The third-order valence-corrected chi connectivity index (χ3v) is 3.45. The highest BCUT2D eigenvalue weighted by Crippen LogP contribution is 2.26. The van der Waals surface area contributed by atoms with Crippen LogP contribution in [0.1, 0.15) is 25.5 Å². The highest BCUT2D eigenvalue weighted by molar-refractivity contribution is 7.13. The van der Waals surface area contributed by atoms with E-state index in [0.29, 0.717) is 0 Å². The van der Waals surface area contributed by atoms with Crippen LogP contribution in [0, 0.1) is 6.92 Å². The Hall–Kier alpha value is -0.610. The summed E-state index contributed by atoms with van der Waals surface area (Å²) in [5, 5.41) is 6.39. The zero-order chi connectivity index (χ0) is 10.0. The van der Waals surface area contributed by atoms with Crippen LogP contribution in [-0.4, -0.2) is 23.7 Å². The first-order chi connectivity index (χ1) is 6.68. The van der Waals surface area contributed by atoms with Crippen molar-refractivity contribution in [2.75, 3.05) is 18.5 Å². The predicted octanol–water partition coefficient (Wildman–Crippen LogP) is 2.43. The number of nitrogens with zero attached hydrogens (tertiary/aromatic N) is 1. The zero-order valence-electron chi connectivity index (χ0n) is 8.67. The SMILES string of the molecule is Cc1csc(NCC2(C)CCCO2)n1. The molecule has 1 unspecified atom stereocenters. The highest BCUT2D eigenvalue weighted by Gasteiger charge is 2.29. The van der Waals surface area contributed by atoms with Crippen LogP contribution in [0.15, 0.2) is 5.38 Å². The third-order valence-electron chi connectivity index (χ3n) is 2.53. The second-order valence-corrected chi connectivity index (χ2v) is 4.91. The number of anilines is 1. The maximum atomic E-state index is 5.68. The van der Waals surface area contributed by atoms with Crippen molar-refractivity contribution >= 4 is 16.5 Å². The van der Waals surface area contributed by atoms with Gasteiger partial charge < -0.3 is 10.1 Å². The van der Waals surface area contributed by atoms with Crippen molar-refractivity contribution in [1.82, 2.24) is 4.98 Å². The number of hydrogen-bond donors (Lipinski definition) is 1. The van der Waals surface area contributed by atoms with Gasteiger partial charge in [0.25, 0.3) is 0 Å². The van der Waals surface area contributed by atoms with Crippen LogP contribution >= 0.6 is 11.3 Å². The summed E-state index contributed by atoms with van der Waals surface area (Å²) in [7, 11) is 0. The number of aryl methyl sites for hydroxylation is 1. The molecule has 1 atom stereocenters. The first-order valence-corrected chi connectivity index (χ1v) is 5.86. The molecule has 1 aromatic rings. The molecule has 2 rings (SSSR count). The molecular formula is C10H16N2OS. The van der Waals surface area contributed by atoms with Crippen LogP contribution in [0.3, 0.4) is 0 Å². The van der Waals surface area contributed by atoms with Gasteiger partial charge in [-0.15, -0.1) is 11.3 Å². The number of nitrogens with one attached hydrogen (secondary N) is 1. The summed E-state index contributed by atoms with van der Waals surface area (Å²) in [6.07, 6.45) is 2.32. The lowest BCUT2D eigenvalue weighted by molar-refractivity contribution is 0.0315. The first-order valence-electron chi connectivity index (χ1n) is 4.98. The molecule has 3 nitrogen and oxygen atoms in total. The number of aromatic nitrogens is 1. The third kappa shape index (κ3) is 2.25. The standard InChI is InChI=1S/C10H16N2OS/c1-8-6-14-9(12-8)11-7-10(2)4-3-5-13-10/h6H,3-5,7H2,1-2H3,(H,11,12). The second kappa shape index (κ2) is 3.87. The van der Waals surface area contributed by atoms with E-state index < -0.39 is 0 Å². The lowest BCUT2D eigenvalue weighted by Gasteiger charge is -2.22. The van der Waals surface area contributed by atoms with Crippen molar-refractivity contribution in [1.29, 1.82) is 0 Å². The van der Waals surface area contributed by atoms with Crippen LogP contribution in [0.25, 0.3) is 0 Å². The lowest BCUT2D eigenvalue weighted by atomic mass is 10.0. The monoisotopic (exact) mass is 212 g/mol. The van der Waals surface area contributed by atoms with Crippen molar-refractivity contribution in [2.45, 2.75) is 32.3 Å². The molecule has 0 radical (unpaired) electrons. The molecule has 1 fully saturated rings. The summed E-state index contributed by atoms with van der Waals surface area (Å²) in [5.41, 5.74) is 1.09. The molecule has 1 aliphatic rings. The number of rotatable bonds is 3. The minimum Gasteiger partial charge on any atom is -0.373 e. The fourth-order valence-electron chi connectivity index (χ4n) is 1.67. The van der Waals surface area contributed by atoms with E-state index >= 15 is 0 Å². The van der Waals surface area contributed by atoms with Gasteiger partial charge in [0.2, 0.25) is 0 Å². The molecule has 4 heteroatoms. The van der Waals surface area contributed by atoms with E-state index in [1.165, 1.54) is 6.42 Å². The van der Waals surface area contributed by atoms with E-state index in [9.17, 15) is 0 Å². The van der Waals surface area contributed by atoms with Crippen LogP contribution in [0.2, 0.25) is 0 Å². The fraction of sp³-hybridized carbons (Fsp3) is 0.700. The van der Waals surface area contributed by atoms with Gasteiger partial charge >= 0.3 is 0 Å². The quantitative estimate of drug-likeness (QED) is 0.835. The van der Waals surface area contributed by atoms with Gasteiger partial charge in [-0.2, -0.15) is 0 Å². The van der Waals surface area contributed by atoms with Gasteiger partial charge in [0.05, 0.1) is 11.3 Å². The van der Waals surface area contributed by atoms with Gasteiger partial charge in [0.15, 0.2) is 5.13 Å². The van der Waals surface area contributed by atoms with E-state index in [1.807, 2.05) is 6.92 Å². The van der Waals surface area contributed by atoms with Gasteiger partial charge in [0, 0.05) is 18.5 Å². The molecule has 1 aromatic heterocycles. The van der Waals surface area contributed by atoms with Crippen LogP contribution in [-0.2, 0) is 4.74 Å². The Morgan fingerprint density at radius 3 is 3.14 bits per heavy atom. The Morgan fingerprint density at radius 1 is 1.71 bits per heavy atom. The smallest absolute Gasteiger partial charge is 0.182 e. The highest BCUT2D eigenvalue weighted by atomic mass is 32.1. The molecule has 0 saturated carbocycles. The normalized spacial score (nSPS) is 26.7. The van der Waals surface area contributed by atoms with Crippen molar-refractivity contribution in [3.05, 3.63) is 11.1 Å². The Morgan fingerprint density at radius 2 is 2.57 bits per heavy atom. The molecule has 0 aromatic carbocycles. The van der Waals surface area contributed by atoms with Crippen LogP contribution in [0.5, 0.6) is 0 Å². The van der Waals surface area contributed by atoms with Crippen molar-refractivity contribution in [3.63, 3.8) is 0 Å². The van der Waals surface area contributed by atoms with Crippen LogP contribution < -0.4 is 5.32 Å². The van der Waals surface area contributed by atoms with Gasteiger partial charge in [-0.3, -0.25) is 0 Å². The number of thiazole rings is 1. The van der Waals surface area contributed by atoms with Crippen molar-refractivity contribution in [2.24, 2.45) is 0 Å². The number of ether oxygens (including phenoxy) is 1. The average molecular weight is 212 g/mol. The molecule has 78 valence electrons. The minimum absolute atomic E-state index is 0.0135. The van der Waals surface area contributed by atoms with Crippen molar-refractivity contribution in [3.8, 4) is 0 Å². The molecule has 0 aliphatic carbocycles. The Bertz CT molecular complexity index is 305. The fourth-order valence-corrected chi connectivity index (χ4v) is 2.36. The summed E-state index contributed by atoms with van der Waals surface area (Å²) in [6, 6.07) is 0. The van der Waals surface area contributed by atoms with E-state index in [-0.39, 0.29) is 5.60 Å². The van der Waals surface area contributed by atoms with Gasteiger partial charge in [-0.05, 0) is 26.7 Å². The molecule has 0 bridgehead atoms. The molecule has 14 heavy (non-hydrogen) atoms. The lowest BCUT2D eigenvalue weighted by Crippen LogP contribution is -2.32. The molecule has 0 spiro atoms. The maximum Gasteiger partial charge on any atom is 0.182 e. The summed E-state index contributed by atoms with van der Waals surface area (Å²) < 4.78 is 5.68. The number of hydrogen-bond acceptors (Lipinski definition) is 4. The minimum atomic E-state index is 0.0135. The average Bonchev–Trinajstić information content (AvgIpc) is 2.73. The Labute approximate surface area is 88.5 Å². The van der Waals surface area contributed by atoms with Gasteiger partial charge in [-0.1, -0.05) is 0 Å². The summed E-state index contributed by atoms with van der Waals surface area (Å²) in [4.78, 5) is 4.35. The molecule has 2 heterocycles. The maximum absolute atomic E-state index is 5.68. The van der Waals surface area contributed by atoms with Crippen molar-refractivity contribution < 1.29 is 4.74 Å². The summed E-state index contributed by atoms with van der Waals surface area (Å²) in [5.74, 6) is 0. The summed E-state index contributed by atoms with van der Waals surface area (Å²) >= 11 is 1.65. The first kappa shape index (κ1) is 9.93. The Balaban J connectivity index is 1.87. The molecule has 1 saturated heterocycles. The topological polar surface area (TPSA) is 34.1 Å². The van der Waals surface area contributed by atoms with E-state index in [1.54, 1.807) is 11.3 Å².